The van der Waals surface area contributed by atoms with Crippen LogP contribution in [0, 0.1) is 0 Å². The van der Waals surface area contributed by atoms with Crippen LogP contribution < -0.4 is 4.74 Å². The maximum atomic E-state index is 5.81. The first-order valence-corrected chi connectivity index (χ1v) is 8.55. The molecule has 0 aliphatic carbocycles. The Morgan fingerprint density at radius 3 is 2.33 bits per heavy atom. The molecule has 0 N–H and O–H groups in total. The minimum absolute atomic E-state index is 0.0762. The lowest BCUT2D eigenvalue weighted by Gasteiger charge is -2.27. The fraction of sp³-hybridized carbons (Fsp3) is 0.348. The minimum atomic E-state index is 0.0762. The van der Waals surface area contributed by atoms with Gasteiger partial charge in [0.2, 0.25) is 0 Å². The quantitative estimate of drug-likeness (QED) is 0.619. The number of methoxy groups -OCH3 is 1. The molecule has 1 heteroatoms. The smallest absolute Gasteiger partial charge is 0.130 e. The lowest BCUT2D eigenvalue weighted by molar-refractivity contribution is 0.408. The Hall–Kier alpha value is -2.24. The zero-order valence-electron chi connectivity index (χ0n) is 15.6. The molecule has 24 heavy (non-hydrogen) atoms. The second kappa shape index (κ2) is 7.55. The third-order valence-corrected chi connectivity index (χ3v) is 4.35. The summed E-state index contributed by atoms with van der Waals surface area (Å²) in [5.74, 6) is 0.944. The normalized spacial score (nSPS) is 11.0. The van der Waals surface area contributed by atoms with Crippen LogP contribution in [-0.2, 0) is 18.3 Å². The van der Waals surface area contributed by atoms with Crippen molar-refractivity contribution in [2.24, 2.45) is 0 Å². The van der Waals surface area contributed by atoms with Crippen LogP contribution in [0.5, 0.6) is 5.75 Å². The standard InChI is InChI=1S/C23H28O/c1-7-12-20-19(8-2)21(23(3,4)5)16-18(22(20)24-6)15-17-13-10-9-11-14-17/h9-14,16H,1,8,15H2,2-6H3. The molecule has 0 spiro atoms. The Kier molecular flexibility index (Phi) is 5.70. The van der Waals surface area contributed by atoms with Crippen LogP contribution in [0.15, 0.2) is 48.7 Å². The van der Waals surface area contributed by atoms with Gasteiger partial charge >= 0.3 is 0 Å². The van der Waals surface area contributed by atoms with Crippen LogP contribution in [0.25, 0.3) is 6.08 Å². The van der Waals surface area contributed by atoms with E-state index in [0.717, 1.165) is 24.2 Å². The van der Waals surface area contributed by atoms with Crippen molar-refractivity contribution in [3.8, 4) is 5.75 Å². The number of rotatable bonds is 5. The van der Waals surface area contributed by atoms with Crippen LogP contribution in [0.1, 0.15) is 55.5 Å². The Morgan fingerprint density at radius 1 is 1.17 bits per heavy atom. The first kappa shape index (κ1) is 18.1. The number of hydrogen-bond donors (Lipinski definition) is 0. The van der Waals surface area contributed by atoms with Gasteiger partial charge in [-0.1, -0.05) is 70.7 Å². The summed E-state index contributed by atoms with van der Waals surface area (Å²) >= 11 is 0. The Labute approximate surface area is 146 Å². The summed E-state index contributed by atoms with van der Waals surface area (Å²) in [4.78, 5) is 0. The highest BCUT2D eigenvalue weighted by molar-refractivity contribution is 5.67. The second-order valence-corrected chi connectivity index (χ2v) is 7.12. The summed E-state index contributed by atoms with van der Waals surface area (Å²) < 4.78 is 5.81. The van der Waals surface area contributed by atoms with E-state index in [-0.39, 0.29) is 5.41 Å². The molecule has 0 atom stereocenters. The topological polar surface area (TPSA) is 9.23 Å². The second-order valence-electron chi connectivity index (χ2n) is 7.12. The minimum Gasteiger partial charge on any atom is -0.496 e. The highest BCUT2D eigenvalue weighted by Crippen LogP contribution is 2.38. The van der Waals surface area contributed by atoms with E-state index in [1.54, 1.807) is 7.11 Å². The summed E-state index contributed by atoms with van der Waals surface area (Å²) in [5.41, 5.74) is 9.34. The summed E-state index contributed by atoms with van der Waals surface area (Å²) in [6, 6.07) is 12.9. The van der Waals surface area contributed by atoms with Crippen LogP contribution in [0.2, 0.25) is 0 Å². The maximum absolute atomic E-state index is 5.81. The van der Waals surface area contributed by atoms with Crippen molar-refractivity contribution in [1.82, 2.24) is 0 Å². The average molecular weight is 320 g/mol. The van der Waals surface area contributed by atoms with E-state index in [9.17, 15) is 0 Å². The van der Waals surface area contributed by atoms with Crippen LogP contribution in [0.4, 0.5) is 0 Å². The molecule has 2 aromatic rings. The third-order valence-electron chi connectivity index (χ3n) is 4.35. The van der Waals surface area contributed by atoms with Gasteiger partial charge in [0.25, 0.3) is 0 Å². The van der Waals surface area contributed by atoms with Crippen molar-refractivity contribution in [3.05, 3.63) is 76.5 Å². The molecule has 0 bridgehead atoms. The summed E-state index contributed by atoms with van der Waals surface area (Å²) in [6.07, 6.45) is 3.78. The number of hydrogen-bond acceptors (Lipinski definition) is 1. The molecule has 0 heterocycles. The first-order chi connectivity index (χ1) is 11.4. The third kappa shape index (κ3) is 3.80. The van der Waals surface area contributed by atoms with Gasteiger partial charge in [0.15, 0.2) is 0 Å². The van der Waals surface area contributed by atoms with Gasteiger partial charge < -0.3 is 4.74 Å². The molecule has 1 nitrogen and oxygen atoms in total. The molecule has 0 aliphatic heterocycles. The number of benzene rings is 2. The van der Waals surface area contributed by atoms with Gasteiger partial charge in [0, 0.05) is 12.0 Å². The molecule has 0 saturated heterocycles. The Balaban J connectivity index is 2.73. The highest BCUT2D eigenvalue weighted by Gasteiger charge is 2.23. The van der Waals surface area contributed by atoms with Gasteiger partial charge in [0.05, 0.1) is 7.11 Å². The summed E-state index contributed by atoms with van der Waals surface area (Å²) in [6.45, 7) is 12.8. The van der Waals surface area contributed by atoms with E-state index >= 15 is 0 Å². The highest BCUT2D eigenvalue weighted by atomic mass is 16.5. The molecular formula is C23H28O. The molecule has 126 valence electrons. The van der Waals surface area contributed by atoms with Gasteiger partial charge in [-0.3, -0.25) is 0 Å². The molecule has 0 radical (unpaired) electrons. The van der Waals surface area contributed by atoms with E-state index in [2.05, 4.69) is 70.3 Å². The molecule has 2 rings (SSSR count). The van der Waals surface area contributed by atoms with Gasteiger partial charge in [-0.15, -0.1) is 5.73 Å². The van der Waals surface area contributed by atoms with Gasteiger partial charge in [-0.25, -0.2) is 0 Å². The first-order valence-electron chi connectivity index (χ1n) is 8.55. The zero-order valence-corrected chi connectivity index (χ0v) is 15.6. The van der Waals surface area contributed by atoms with E-state index in [1.807, 2.05) is 12.1 Å². The lowest BCUT2D eigenvalue weighted by atomic mass is 9.79. The molecule has 0 aliphatic rings. The molecule has 2 aromatic carbocycles. The fourth-order valence-corrected chi connectivity index (χ4v) is 3.27. The summed E-state index contributed by atoms with van der Waals surface area (Å²) in [5, 5.41) is 0. The molecule has 0 aromatic heterocycles. The van der Waals surface area contributed by atoms with Crippen LogP contribution >= 0.6 is 0 Å². The van der Waals surface area contributed by atoms with Gasteiger partial charge in [-0.2, -0.15) is 0 Å². The molecule has 0 fully saturated rings. The average Bonchev–Trinajstić information content (AvgIpc) is 2.55. The van der Waals surface area contributed by atoms with E-state index in [4.69, 9.17) is 4.74 Å². The van der Waals surface area contributed by atoms with Crippen molar-refractivity contribution < 1.29 is 4.74 Å². The lowest BCUT2D eigenvalue weighted by Crippen LogP contribution is -2.16. The van der Waals surface area contributed by atoms with Crippen molar-refractivity contribution >= 4 is 6.08 Å². The van der Waals surface area contributed by atoms with Gasteiger partial charge in [0.1, 0.15) is 5.75 Å². The van der Waals surface area contributed by atoms with E-state index in [0.29, 0.717) is 0 Å². The van der Waals surface area contributed by atoms with Crippen molar-refractivity contribution in [3.63, 3.8) is 0 Å². The SMILES string of the molecule is C=C=Cc1c(CC)c(C(C)(C)C)cc(Cc2ccccc2)c1OC. The van der Waals surface area contributed by atoms with E-state index in [1.165, 1.54) is 22.3 Å². The van der Waals surface area contributed by atoms with Gasteiger partial charge in [-0.05, 0) is 40.2 Å². The molecule has 0 amide bonds. The Morgan fingerprint density at radius 2 is 1.83 bits per heavy atom. The zero-order chi connectivity index (χ0) is 17.7. The largest absolute Gasteiger partial charge is 0.496 e. The predicted molar refractivity (Wildman–Crippen MR) is 104 cm³/mol. The number of ether oxygens (including phenoxy) is 1. The van der Waals surface area contributed by atoms with Crippen LogP contribution in [-0.4, -0.2) is 7.11 Å². The van der Waals surface area contributed by atoms with Crippen molar-refractivity contribution in [2.45, 2.75) is 46.0 Å². The summed E-state index contributed by atoms with van der Waals surface area (Å²) in [7, 11) is 1.75. The van der Waals surface area contributed by atoms with Crippen molar-refractivity contribution in [2.75, 3.05) is 7.11 Å². The maximum Gasteiger partial charge on any atom is 0.130 e. The molecule has 0 saturated carbocycles. The van der Waals surface area contributed by atoms with Crippen LogP contribution in [0.3, 0.4) is 0 Å². The fourth-order valence-electron chi connectivity index (χ4n) is 3.27. The molecular weight excluding hydrogens is 292 g/mol. The van der Waals surface area contributed by atoms with Crippen molar-refractivity contribution in [1.29, 1.82) is 0 Å². The Bertz CT molecular complexity index is 742. The molecule has 0 unspecified atom stereocenters. The predicted octanol–water partition coefficient (Wildman–Crippen LogP) is 5.94. The monoisotopic (exact) mass is 320 g/mol. The van der Waals surface area contributed by atoms with E-state index < -0.39 is 0 Å².